The van der Waals surface area contributed by atoms with E-state index in [0.29, 0.717) is 5.75 Å². The average Bonchev–Trinajstić information content (AvgIpc) is 2.70. The van der Waals surface area contributed by atoms with Gasteiger partial charge in [-0.2, -0.15) is 0 Å². The number of nitrogens with zero attached hydrogens (tertiary/aromatic N) is 1. The van der Waals surface area contributed by atoms with Crippen LogP contribution in [0.3, 0.4) is 0 Å². The summed E-state index contributed by atoms with van der Waals surface area (Å²) < 4.78 is 0. The molecule has 1 aromatic rings. The summed E-state index contributed by atoms with van der Waals surface area (Å²) in [7, 11) is 0. The number of rotatable bonds is 4. The summed E-state index contributed by atoms with van der Waals surface area (Å²) in [6.45, 7) is 18.7. The molecule has 0 saturated carbocycles. The molecule has 0 spiro atoms. The van der Waals surface area contributed by atoms with Crippen molar-refractivity contribution in [1.82, 2.24) is 15.5 Å². The minimum Gasteiger partial charge on any atom is -0.508 e. The molecule has 2 heterocycles. The second-order valence-electron chi connectivity index (χ2n) is 8.49. The fraction of sp³-hybridized carbons (Fsp3) is 0.640. The van der Waals surface area contributed by atoms with Gasteiger partial charge in [-0.05, 0) is 55.5 Å². The highest BCUT2D eigenvalue weighted by atomic mass is 16.3. The molecule has 0 unspecified atom stereocenters. The molecule has 0 fully saturated rings. The Morgan fingerprint density at radius 1 is 1.20 bits per heavy atom. The van der Waals surface area contributed by atoms with Gasteiger partial charge in [0, 0.05) is 32.7 Å². The highest BCUT2D eigenvalue weighted by Crippen LogP contribution is 2.18. The summed E-state index contributed by atoms with van der Waals surface area (Å²) in [4.78, 5) is 12.3. The molecule has 5 nitrogen and oxygen atoms in total. The van der Waals surface area contributed by atoms with Crippen LogP contribution in [-0.4, -0.2) is 49.1 Å². The van der Waals surface area contributed by atoms with Crippen molar-refractivity contribution in [2.45, 2.75) is 67.3 Å². The fourth-order valence-corrected chi connectivity index (χ4v) is 2.76. The number of phenols is 1. The second kappa shape index (κ2) is 18.0. The van der Waals surface area contributed by atoms with Crippen LogP contribution in [0.1, 0.15) is 65.5 Å². The van der Waals surface area contributed by atoms with Crippen molar-refractivity contribution in [3.05, 3.63) is 41.0 Å². The number of benzene rings is 1. The van der Waals surface area contributed by atoms with E-state index in [2.05, 4.69) is 63.2 Å². The van der Waals surface area contributed by atoms with Crippen LogP contribution in [0.5, 0.6) is 5.75 Å². The van der Waals surface area contributed by atoms with Crippen LogP contribution in [0.15, 0.2) is 29.8 Å². The lowest BCUT2D eigenvalue weighted by molar-refractivity contribution is -0.109. The van der Waals surface area contributed by atoms with Gasteiger partial charge >= 0.3 is 0 Å². The molecular formula is C25H45N3O2. The number of carbonyl (C=O) groups is 1. The van der Waals surface area contributed by atoms with Crippen LogP contribution in [0, 0.1) is 5.92 Å². The van der Waals surface area contributed by atoms with Crippen LogP contribution in [0.25, 0.3) is 0 Å². The lowest BCUT2D eigenvalue weighted by atomic mass is 10.0. The Balaban J connectivity index is 0.000000431. The highest BCUT2D eigenvalue weighted by molar-refractivity contribution is 5.45. The zero-order valence-electron chi connectivity index (χ0n) is 20.1. The maximum atomic E-state index is 9.96. The zero-order valence-corrected chi connectivity index (χ0v) is 20.1. The second-order valence-corrected chi connectivity index (χ2v) is 8.49. The number of hydrogen-bond donors (Lipinski definition) is 3. The maximum absolute atomic E-state index is 9.96. The molecule has 0 aliphatic carbocycles. The molecule has 30 heavy (non-hydrogen) atoms. The Morgan fingerprint density at radius 2 is 1.87 bits per heavy atom. The van der Waals surface area contributed by atoms with Gasteiger partial charge in [0.2, 0.25) is 6.41 Å². The van der Waals surface area contributed by atoms with E-state index in [1.165, 1.54) is 29.5 Å². The van der Waals surface area contributed by atoms with E-state index < -0.39 is 0 Å². The lowest BCUT2D eigenvalue weighted by Gasteiger charge is -2.24. The largest absolute Gasteiger partial charge is 0.508 e. The summed E-state index contributed by atoms with van der Waals surface area (Å²) in [5.41, 5.74) is 4.08. The Hall–Kier alpha value is -1.85. The van der Waals surface area contributed by atoms with E-state index in [1.54, 1.807) is 6.07 Å². The number of phenolic OH excluding ortho intramolecular Hbond substituents is 1. The molecule has 1 amide bonds. The molecule has 3 N–H and O–H groups in total. The van der Waals surface area contributed by atoms with E-state index in [0.717, 1.165) is 58.0 Å². The van der Waals surface area contributed by atoms with E-state index in [1.807, 2.05) is 12.1 Å². The van der Waals surface area contributed by atoms with Gasteiger partial charge in [0.05, 0.1) is 0 Å². The Labute approximate surface area is 184 Å². The quantitative estimate of drug-likeness (QED) is 0.382. The minimum absolute atomic E-state index is 0.368. The molecule has 3 rings (SSSR count). The SMILES string of the molecule is CC(C)C.CC1=CCN(CCNC=O)CC1.CCC.Oc1ccc2c(c1)CNCC2. The van der Waals surface area contributed by atoms with Gasteiger partial charge in [0.15, 0.2) is 0 Å². The number of amides is 1. The number of hydrogen-bond acceptors (Lipinski definition) is 4. The van der Waals surface area contributed by atoms with Gasteiger partial charge < -0.3 is 15.7 Å². The normalized spacial score (nSPS) is 15.1. The fourth-order valence-electron chi connectivity index (χ4n) is 2.76. The molecule has 0 atom stereocenters. The monoisotopic (exact) mass is 419 g/mol. The van der Waals surface area contributed by atoms with Crippen LogP contribution < -0.4 is 10.6 Å². The minimum atomic E-state index is 0.368. The third-order valence-corrected chi connectivity index (χ3v) is 4.25. The maximum Gasteiger partial charge on any atom is 0.207 e. The van der Waals surface area contributed by atoms with Crippen molar-refractivity contribution < 1.29 is 9.90 Å². The zero-order chi connectivity index (χ0) is 22.8. The summed E-state index contributed by atoms with van der Waals surface area (Å²) in [6.07, 6.45) is 6.51. The third-order valence-electron chi connectivity index (χ3n) is 4.25. The Bertz CT molecular complexity index is 597. The van der Waals surface area contributed by atoms with Crippen LogP contribution in [0.2, 0.25) is 0 Å². The lowest BCUT2D eigenvalue weighted by Crippen LogP contribution is -2.34. The van der Waals surface area contributed by atoms with Gasteiger partial charge in [-0.25, -0.2) is 0 Å². The number of fused-ring (bicyclic) bond motifs is 1. The van der Waals surface area contributed by atoms with Gasteiger partial charge in [-0.1, -0.05) is 58.8 Å². The molecular weight excluding hydrogens is 374 g/mol. The van der Waals surface area contributed by atoms with E-state index in [9.17, 15) is 4.79 Å². The third kappa shape index (κ3) is 15.1. The predicted octanol–water partition coefficient (Wildman–Crippen LogP) is 4.50. The van der Waals surface area contributed by atoms with Crippen molar-refractivity contribution in [2.24, 2.45) is 5.92 Å². The summed E-state index contributed by atoms with van der Waals surface area (Å²) in [5, 5.41) is 15.1. The van der Waals surface area contributed by atoms with Crippen molar-refractivity contribution in [3.63, 3.8) is 0 Å². The molecule has 2 aliphatic rings. The Morgan fingerprint density at radius 3 is 2.43 bits per heavy atom. The molecule has 172 valence electrons. The molecule has 5 heteroatoms. The smallest absolute Gasteiger partial charge is 0.207 e. The predicted molar refractivity (Wildman–Crippen MR) is 129 cm³/mol. The van der Waals surface area contributed by atoms with Crippen LogP contribution in [-0.2, 0) is 17.8 Å². The van der Waals surface area contributed by atoms with Crippen LogP contribution in [0.4, 0.5) is 0 Å². The van der Waals surface area contributed by atoms with E-state index in [-0.39, 0.29) is 0 Å². The summed E-state index contributed by atoms with van der Waals surface area (Å²) in [6, 6.07) is 5.59. The standard InChI is InChI=1S/C9H16N2O.C9H11NO.C4H10.C3H8/c1-9-2-5-11(6-3-9)7-4-10-8-12;11-9-2-1-7-3-4-10-6-8(7)5-9;1-4(2)3;1-3-2/h2,8H,3-7H2,1H3,(H,10,12);1-2,5,10-11H,3-4,6H2;4H,1-3H3;3H2,1-2H3. The molecule has 1 aromatic carbocycles. The van der Waals surface area contributed by atoms with Gasteiger partial charge in [0.1, 0.15) is 5.75 Å². The van der Waals surface area contributed by atoms with Gasteiger partial charge in [-0.15, -0.1) is 0 Å². The van der Waals surface area contributed by atoms with Crippen molar-refractivity contribution in [3.8, 4) is 5.75 Å². The number of aromatic hydroxyl groups is 1. The number of nitrogens with one attached hydrogen (secondary N) is 2. The summed E-state index contributed by atoms with van der Waals surface area (Å²) in [5.74, 6) is 1.20. The Kier molecular flexibility index (Phi) is 16.9. The first-order valence-electron chi connectivity index (χ1n) is 11.4. The van der Waals surface area contributed by atoms with E-state index in [4.69, 9.17) is 5.11 Å². The topological polar surface area (TPSA) is 64.6 Å². The van der Waals surface area contributed by atoms with E-state index >= 15 is 0 Å². The van der Waals surface area contributed by atoms with Gasteiger partial charge in [-0.3, -0.25) is 9.69 Å². The van der Waals surface area contributed by atoms with Crippen LogP contribution >= 0.6 is 0 Å². The molecule has 0 aromatic heterocycles. The average molecular weight is 420 g/mol. The first-order chi connectivity index (χ1) is 14.3. The van der Waals surface area contributed by atoms with Crippen molar-refractivity contribution >= 4 is 6.41 Å². The number of carbonyl (C=O) groups excluding carboxylic acids is 1. The molecule has 2 aliphatic heterocycles. The molecule has 0 radical (unpaired) electrons. The summed E-state index contributed by atoms with van der Waals surface area (Å²) >= 11 is 0. The van der Waals surface area contributed by atoms with Crippen molar-refractivity contribution in [1.29, 1.82) is 0 Å². The first-order valence-corrected chi connectivity index (χ1v) is 11.4. The van der Waals surface area contributed by atoms with Gasteiger partial charge in [0.25, 0.3) is 0 Å². The van der Waals surface area contributed by atoms with Crippen molar-refractivity contribution in [2.75, 3.05) is 32.7 Å². The molecule has 0 bridgehead atoms. The molecule has 0 saturated heterocycles. The highest BCUT2D eigenvalue weighted by Gasteiger charge is 2.08. The first kappa shape index (κ1) is 28.1.